The molecule has 0 heterocycles. The summed E-state index contributed by atoms with van der Waals surface area (Å²) >= 11 is 9.40. The predicted molar refractivity (Wildman–Crippen MR) is 130 cm³/mol. The van der Waals surface area contributed by atoms with Crippen molar-refractivity contribution in [2.24, 2.45) is 5.10 Å². The molecule has 3 aromatic rings. The first-order valence-corrected chi connectivity index (χ1v) is 10.9. The fourth-order valence-electron chi connectivity index (χ4n) is 2.68. The number of hydrogen-bond donors (Lipinski definition) is 2. The second kappa shape index (κ2) is 11.4. The molecule has 3 aromatic carbocycles. The second-order valence-electron chi connectivity index (χ2n) is 6.89. The van der Waals surface area contributed by atoms with Gasteiger partial charge in [0, 0.05) is 15.6 Å². The number of aryl methyl sites for hydroxylation is 1. The largest absolute Gasteiger partial charge is 0.422 e. The number of carbonyl (C=O) groups is 3. The van der Waals surface area contributed by atoms with Gasteiger partial charge in [-0.1, -0.05) is 57.4 Å². The summed E-state index contributed by atoms with van der Waals surface area (Å²) < 4.78 is 6.18. The number of benzene rings is 3. The molecule has 9 heteroatoms. The van der Waals surface area contributed by atoms with Crippen molar-refractivity contribution in [3.05, 3.63) is 98.5 Å². The number of nitrogens with one attached hydrogen (secondary N) is 2. The smallest absolute Gasteiger partial charge is 0.345 e. The van der Waals surface area contributed by atoms with Crippen LogP contribution in [-0.4, -0.2) is 30.5 Å². The van der Waals surface area contributed by atoms with Crippen molar-refractivity contribution in [3.8, 4) is 5.75 Å². The molecule has 0 radical (unpaired) electrons. The molecule has 7 nitrogen and oxygen atoms in total. The molecular formula is C24H19BrClN3O4. The first-order valence-electron chi connectivity index (χ1n) is 9.76. The zero-order valence-electron chi connectivity index (χ0n) is 17.5. The van der Waals surface area contributed by atoms with Crippen molar-refractivity contribution >= 4 is 51.5 Å². The topological polar surface area (TPSA) is 96.9 Å². The first-order chi connectivity index (χ1) is 15.8. The van der Waals surface area contributed by atoms with Crippen LogP contribution in [0.5, 0.6) is 5.75 Å². The third-order valence-corrected chi connectivity index (χ3v) is 5.21. The summed E-state index contributed by atoms with van der Waals surface area (Å²) in [6, 6.07) is 18.5. The Hall–Kier alpha value is -3.49. The molecule has 0 fully saturated rings. The van der Waals surface area contributed by atoms with Gasteiger partial charge in [0.25, 0.3) is 11.8 Å². The van der Waals surface area contributed by atoms with Gasteiger partial charge in [-0.05, 0) is 49.4 Å². The van der Waals surface area contributed by atoms with E-state index < -0.39 is 11.9 Å². The molecule has 168 valence electrons. The van der Waals surface area contributed by atoms with E-state index in [4.69, 9.17) is 16.3 Å². The lowest BCUT2D eigenvalue weighted by Crippen LogP contribution is -2.34. The highest BCUT2D eigenvalue weighted by Gasteiger charge is 2.14. The minimum absolute atomic E-state index is 0.225. The van der Waals surface area contributed by atoms with Crippen LogP contribution in [0.2, 0.25) is 5.02 Å². The van der Waals surface area contributed by atoms with E-state index in [1.54, 1.807) is 54.6 Å². The van der Waals surface area contributed by atoms with Gasteiger partial charge in [-0.2, -0.15) is 5.10 Å². The van der Waals surface area contributed by atoms with E-state index in [2.05, 4.69) is 31.8 Å². The van der Waals surface area contributed by atoms with Gasteiger partial charge in [0.2, 0.25) is 0 Å². The summed E-state index contributed by atoms with van der Waals surface area (Å²) in [5, 5.41) is 6.68. The fraction of sp³-hybridized carbons (Fsp3) is 0.0833. The molecular weight excluding hydrogens is 510 g/mol. The SMILES string of the molecule is Cc1ccc(C(=O)NCC(=O)N/N=C\c2cc(Br)ccc2OC(=O)c2ccccc2Cl)cc1. The minimum atomic E-state index is -0.625. The lowest BCUT2D eigenvalue weighted by Gasteiger charge is -2.09. The van der Waals surface area contributed by atoms with Crippen molar-refractivity contribution in [3.63, 3.8) is 0 Å². The van der Waals surface area contributed by atoms with Crippen LogP contribution in [0.3, 0.4) is 0 Å². The van der Waals surface area contributed by atoms with Crippen molar-refractivity contribution in [1.29, 1.82) is 0 Å². The third-order valence-electron chi connectivity index (χ3n) is 4.38. The number of esters is 1. The molecule has 0 bridgehead atoms. The van der Waals surface area contributed by atoms with Crippen molar-refractivity contribution < 1.29 is 19.1 Å². The Morgan fingerprint density at radius 2 is 1.79 bits per heavy atom. The highest BCUT2D eigenvalue weighted by atomic mass is 79.9. The van der Waals surface area contributed by atoms with Crippen LogP contribution < -0.4 is 15.5 Å². The summed E-state index contributed by atoms with van der Waals surface area (Å²) in [5.74, 6) is -1.28. The molecule has 0 saturated heterocycles. The maximum absolute atomic E-state index is 12.5. The number of halogens is 2. The molecule has 0 aliphatic heterocycles. The van der Waals surface area contributed by atoms with Crippen LogP contribution in [-0.2, 0) is 4.79 Å². The summed E-state index contributed by atoms with van der Waals surface area (Å²) in [5.41, 5.74) is 4.48. The molecule has 2 amide bonds. The zero-order valence-corrected chi connectivity index (χ0v) is 19.8. The fourth-order valence-corrected chi connectivity index (χ4v) is 3.27. The highest BCUT2D eigenvalue weighted by Crippen LogP contribution is 2.24. The van der Waals surface area contributed by atoms with Gasteiger partial charge in [0.05, 0.1) is 23.3 Å². The first kappa shape index (κ1) is 24.2. The molecule has 3 rings (SSSR count). The quantitative estimate of drug-likeness (QED) is 0.204. The zero-order chi connectivity index (χ0) is 23.8. The third kappa shape index (κ3) is 7.00. The summed E-state index contributed by atoms with van der Waals surface area (Å²) in [7, 11) is 0. The normalized spacial score (nSPS) is 10.6. The Bertz CT molecular complexity index is 1210. The number of amides is 2. The van der Waals surface area contributed by atoms with Gasteiger partial charge in [-0.3, -0.25) is 9.59 Å². The van der Waals surface area contributed by atoms with Crippen LogP contribution in [0.4, 0.5) is 0 Å². The Labute approximate surface area is 203 Å². The standard InChI is InChI=1S/C24H19BrClN3O4/c1-15-6-8-16(9-7-15)23(31)27-14-22(30)29-28-13-17-12-18(25)10-11-21(17)33-24(32)19-4-2-3-5-20(19)26/h2-13H,14H2,1H3,(H,27,31)(H,29,30)/b28-13-. The van der Waals surface area contributed by atoms with E-state index in [1.165, 1.54) is 6.21 Å². The van der Waals surface area contributed by atoms with Crippen LogP contribution in [0.1, 0.15) is 31.8 Å². The predicted octanol–water partition coefficient (Wildman–Crippen LogP) is 4.51. The van der Waals surface area contributed by atoms with E-state index in [0.29, 0.717) is 11.1 Å². The number of nitrogens with zero attached hydrogens (tertiary/aromatic N) is 1. The van der Waals surface area contributed by atoms with Crippen molar-refractivity contribution in [2.45, 2.75) is 6.92 Å². The second-order valence-corrected chi connectivity index (χ2v) is 8.22. The average molecular weight is 529 g/mol. The summed E-state index contributed by atoms with van der Waals surface area (Å²) in [6.45, 7) is 1.67. The van der Waals surface area contributed by atoms with Crippen LogP contribution in [0.15, 0.2) is 76.3 Å². The maximum Gasteiger partial charge on any atom is 0.345 e. The number of hydrazone groups is 1. The molecule has 0 atom stereocenters. The number of carbonyl (C=O) groups excluding carboxylic acids is 3. The minimum Gasteiger partial charge on any atom is -0.422 e. The van der Waals surface area contributed by atoms with Gasteiger partial charge in [0.15, 0.2) is 0 Å². The van der Waals surface area contributed by atoms with E-state index in [9.17, 15) is 14.4 Å². The van der Waals surface area contributed by atoms with E-state index in [-0.39, 0.29) is 28.8 Å². The Morgan fingerprint density at radius 1 is 1.06 bits per heavy atom. The molecule has 0 saturated carbocycles. The Balaban J connectivity index is 1.60. The molecule has 2 N–H and O–H groups in total. The average Bonchev–Trinajstić information content (AvgIpc) is 2.80. The maximum atomic E-state index is 12.5. The molecule has 0 aliphatic carbocycles. The number of rotatable bonds is 7. The molecule has 0 spiro atoms. The van der Waals surface area contributed by atoms with Gasteiger partial charge >= 0.3 is 5.97 Å². The Morgan fingerprint density at radius 3 is 2.52 bits per heavy atom. The van der Waals surface area contributed by atoms with E-state index in [0.717, 1.165) is 10.0 Å². The summed E-state index contributed by atoms with van der Waals surface area (Å²) in [6.07, 6.45) is 1.33. The number of ether oxygens (including phenoxy) is 1. The molecule has 33 heavy (non-hydrogen) atoms. The monoisotopic (exact) mass is 527 g/mol. The molecule has 0 aromatic heterocycles. The Kier molecular flexibility index (Phi) is 8.34. The lowest BCUT2D eigenvalue weighted by atomic mass is 10.1. The number of hydrogen-bond acceptors (Lipinski definition) is 5. The highest BCUT2D eigenvalue weighted by molar-refractivity contribution is 9.10. The van der Waals surface area contributed by atoms with E-state index in [1.807, 2.05) is 19.1 Å². The summed E-state index contributed by atoms with van der Waals surface area (Å²) in [4.78, 5) is 36.6. The van der Waals surface area contributed by atoms with Gasteiger partial charge in [0.1, 0.15) is 5.75 Å². The molecule has 0 unspecified atom stereocenters. The van der Waals surface area contributed by atoms with Crippen LogP contribution in [0, 0.1) is 6.92 Å². The van der Waals surface area contributed by atoms with Crippen molar-refractivity contribution in [1.82, 2.24) is 10.7 Å². The van der Waals surface area contributed by atoms with Crippen LogP contribution >= 0.6 is 27.5 Å². The van der Waals surface area contributed by atoms with E-state index >= 15 is 0 Å². The lowest BCUT2D eigenvalue weighted by molar-refractivity contribution is -0.120. The van der Waals surface area contributed by atoms with Gasteiger partial charge in [-0.25, -0.2) is 10.2 Å². The van der Waals surface area contributed by atoms with Crippen molar-refractivity contribution in [2.75, 3.05) is 6.54 Å². The van der Waals surface area contributed by atoms with Gasteiger partial charge in [-0.15, -0.1) is 0 Å². The molecule has 0 aliphatic rings. The van der Waals surface area contributed by atoms with Gasteiger partial charge < -0.3 is 10.1 Å². The van der Waals surface area contributed by atoms with Crippen LogP contribution in [0.25, 0.3) is 0 Å².